The predicted molar refractivity (Wildman–Crippen MR) is 75.9 cm³/mol. The molecule has 1 unspecified atom stereocenters. The van der Waals surface area contributed by atoms with Gasteiger partial charge in [-0.05, 0) is 11.1 Å². The largest absolute Gasteiger partial charge is 0.273 e. The Bertz CT molecular complexity index is 649. The molecular formula is C15H14N4O. The Balaban J connectivity index is 1.89. The van der Waals surface area contributed by atoms with E-state index in [-0.39, 0.29) is 11.8 Å². The van der Waals surface area contributed by atoms with Crippen molar-refractivity contribution in [3.05, 3.63) is 48.5 Å². The van der Waals surface area contributed by atoms with E-state index in [2.05, 4.69) is 20.5 Å². The predicted octanol–water partition coefficient (Wildman–Crippen LogP) is 2.00. The van der Waals surface area contributed by atoms with Gasteiger partial charge in [0.05, 0.1) is 5.71 Å². The second kappa shape index (κ2) is 5.21. The highest BCUT2D eigenvalue weighted by Gasteiger charge is 2.21. The minimum Gasteiger partial charge on any atom is -0.273 e. The molecule has 3 rings (SSSR count). The van der Waals surface area contributed by atoms with Gasteiger partial charge < -0.3 is 0 Å². The standard InChI is InChI=1S/C15H14N4O/c1-10-6-14(20)18-19-15(10)12-4-2-11(3-5-12)13-7-16-9-17-8-13/h2-5,7-10H,6H2,1H3,(H,18,20). The van der Waals surface area contributed by atoms with Crippen molar-refractivity contribution in [3.8, 4) is 11.1 Å². The van der Waals surface area contributed by atoms with Crippen LogP contribution in [0.3, 0.4) is 0 Å². The van der Waals surface area contributed by atoms with Gasteiger partial charge in [-0.1, -0.05) is 31.2 Å². The molecular weight excluding hydrogens is 252 g/mol. The van der Waals surface area contributed by atoms with Crippen molar-refractivity contribution >= 4 is 11.6 Å². The maximum Gasteiger partial charge on any atom is 0.240 e. The molecule has 0 saturated carbocycles. The summed E-state index contributed by atoms with van der Waals surface area (Å²) < 4.78 is 0. The van der Waals surface area contributed by atoms with E-state index < -0.39 is 0 Å². The molecule has 0 radical (unpaired) electrons. The first-order chi connectivity index (χ1) is 9.74. The number of hydrogen-bond donors (Lipinski definition) is 1. The lowest BCUT2D eigenvalue weighted by Gasteiger charge is -2.19. The molecule has 1 atom stereocenters. The highest BCUT2D eigenvalue weighted by molar-refractivity contribution is 6.05. The number of amides is 1. The monoisotopic (exact) mass is 266 g/mol. The van der Waals surface area contributed by atoms with Crippen LogP contribution < -0.4 is 5.43 Å². The molecule has 2 heterocycles. The Kier molecular flexibility index (Phi) is 3.25. The molecule has 100 valence electrons. The van der Waals surface area contributed by atoms with E-state index in [9.17, 15) is 4.79 Å². The number of carbonyl (C=O) groups is 1. The maximum atomic E-state index is 11.3. The summed E-state index contributed by atoms with van der Waals surface area (Å²) >= 11 is 0. The van der Waals surface area contributed by atoms with Crippen LogP contribution in [0.4, 0.5) is 0 Å². The normalized spacial score (nSPS) is 18.4. The van der Waals surface area contributed by atoms with E-state index in [0.717, 1.165) is 22.4 Å². The number of hydrogen-bond acceptors (Lipinski definition) is 4. The van der Waals surface area contributed by atoms with Gasteiger partial charge in [0.2, 0.25) is 5.91 Å². The van der Waals surface area contributed by atoms with E-state index in [1.54, 1.807) is 12.4 Å². The molecule has 0 bridgehead atoms. The van der Waals surface area contributed by atoms with E-state index in [1.165, 1.54) is 6.33 Å². The lowest BCUT2D eigenvalue weighted by atomic mass is 9.93. The molecule has 1 aliphatic rings. The van der Waals surface area contributed by atoms with Gasteiger partial charge in [-0.25, -0.2) is 15.4 Å². The number of aromatic nitrogens is 2. The van der Waals surface area contributed by atoms with Crippen molar-refractivity contribution in [2.45, 2.75) is 13.3 Å². The Labute approximate surface area is 116 Å². The third-order valence-electron chi connectivity index (χ3n) is 3.33. The zero-order valence-corrected chi connectivity index (χ0v) is 11.1. The molecule has 0 saturated heterocycles. The molecule has 20 heavy (non-hydrogen) atoms. The molecule has 2 aromatic rings. The molecule has 1 aromatic heterocycles. The second-order valence-corrected chi connectivity index (χ2v) is 4.84. The lowest BCUT2D eigenvalue weighted by molar-refractivity contribution is -0.121. The summed E-state index contributed by atoms with van der Waals surface area (Å²) in [6.45, 7) is 2.01. The maximum absolute atomic E-state index is 11.3. The number of nitrogens with zero attached hydrogens (tertiary/aromatic N) is 3. The van der Waals surface area contributed by atoms with E-state index in [4.69, 9.17) is 0 Å². The number of carbonyl (C=O) groups excluding carboxylic acids is 1. The highest BCUT2D eigenvalue weighted by Crippen LogP contribution is 2.21. The topological polar surface area (TPSA) is 67.2 Å². The average Bonchev–Trinajstić information content (AvgIpc) is 2.48. The minimum atomic E-state index is -0.0284. The van der Waals surface area contributed by atoms with Crippen molar-refractivity contribution in [3.63, 3.8) is 0 Å². The molecule has 0 aliphatic carbocycles. The SMILES string of the molecule is CC1CC(=O)NN=C1c1ccc(-c2cncnc2)cc1. The Hall–Kier alpha value is -2.56. The van der Waals surface area contributed by atoms with Gasteiger partial charge in [-0.3, -0.25) is 4.79 Å². The van der Waals surface area contributed by atoms with E-state index in [0.29, 0.717) is 6.42 Å². The van der Waals surface area contributed by atoms with Crippen molar-refractivity contribution in [2.75, 3.05) is 0 Å². The highest BCUT2D eigenvalue weighted by atomic mass is 16.2. The Morgan fingerprint density at radius 1 is 1.05 bits per heavy atom. The Morgan fingerprint density at radius 2 is 1.70 bits per heavy atom. The minimum absolute atomic E-state index is 0.0284. The van der Waals surface area contributed by atoms with Crippen molar-refractivity contribution in [2.24, 2.45) is 11.0 Å². The van der Waals surface area contributed by atoms with Crippen LogP contribution in [0.2, 0.25) is 0 Å². The van der Waals surface area contributed by atoms with Gasteiger partial charge in [-0.15, -0.1) is 0 Å². The van der Waals surface area contributed by atoms with Crippen molar-refractivity contribution in [1.29, 1.82) is 0 Å². The van der Waals surface area contributed by atoms with Crippen molar-refractivity contribution < 1.29 is 4.79 Å². The van der Waals surface area contributed by atoms with Crippen LogP contribution in [0, 0.1) is 5.92 Å². The second-order valence-electron chi connectivity index (χ2n) is 4.84. The lowest BCUT2D eigenvalue weighted by Crippen LogP contribution is -2.31. The third kappa shape index (κ3) is 2.42. The Morgan fingerprint density at radius 3 is 2.35 bits per heavy atom. The van der Waals surface area contributed by atoms with Crippen LogP contribution in [-0.2, 0) is 4.79 Å². The molecule has 1 N–H and O–H groups in total. The summed E-state index contributed by atoms with van der Waals surface area (Å²) in [6, 6.07) is 8.05. The van der Waals surface area contributed by atoms with Gasteiger partial charge in [0.15, 0.2) is 0 Å². The van der Waals surface area contributed by atoms with Gasteiger partial charge in [0.1, 0.15) is 6.33 Å². The summed E-state index contributed by atoms with van der Waals surface area (Å²) in [5.41, 5.74) is 6.52. The first-order valence-corrected chi connectivity index (χ1v) is 6.46. The summed E-state index contributed by atoms with van der Waals surface area (Å²) in [4.78, 5) is 19.3. The first kappa shape index (κ1) is 12.5. The molecule has 1 aliphatic heterocycles. The molecule has 5 nitrogen and oxygen atoms in total. The summed E-state index contributed by atoms with van der Waals surface area (Å²) in [7, 11) is 0. The number of rotatable bonds is 2. The first-order valence-electron chi connectivity index (χ1n) is 6.46. The molecule has 5 heteroatoms. The zero-order chi connectivity index (χ0) is 13.9. The summed E-state index contributed by atoms with van der Waals surface area (Å²) in [5, 5.41) is 4.16. The third-order valence-corrected chi connectivity index (χ3v) is 3.33. The van der Waals surface area contributed by atoms with Gasteiger partial charge in [0.25, 0.3) is 0 Å². The van der Waals surface area contributed by atoms with Crippen LogP contribution in [0.25, 0.3) is 11.1 Å². The van der Waals surface area contributed by atoms with Gasteiger partial charge >= 0.3 is 0 Å². The van der Waals surface area contributed by atoms with Crippen LogP contribution in [0.15, 0.2) is 48.1 Å². The fraction of sp³-hybridized carbons (Fsp3) is 0.200. The summed E-state index contributed by atoms with van der Waals surface area (Å²) in [5.74, 6) is 0.106. The van der Waals surface area contributed by atoms with Crippen molar-refractivity contribution in [1.82, 2.24) is 15.4 Å². The molecule has 0 spiro atoms. The number of hydrazone groups is 1. The number of nitrogens with one attached hydrogen (secondary N) is 1. The molecule has 1 aromatic carbocycles. The molecule has 1 amide bonds. The van der Waals surface area contributed by atoms with Gasteiger partial charge in [0, 0.05) is 30.3 Å². The van der Waals surface area contributed by atoms with Crippen LogP contribution in [-0.4, -0.2) is 21.6 Å². The zero-order valence-electron chi connectivity index (χ0n) is 11.1. The van der Waals surface area contributed by atoms with E-state index >= 15 is 0 Å². The fourth-order valence-electron chi connectivity index (χ4n) is 2.28. The number of benzene rings is 1. The van der Waals surface area contributed by atoms with Crippen LogP contribution in [0.1, 0.15) is 18.9 Å². The summed E-state index contributed by atoms with van der Waals surface area (Å²) in [6.07, 6.45) is 5.55. The van der Waals surface area contributed by atoms with E-state index in [1.807, 2.05) is 31.2 Å². The van der Waals surface area contributed by atoms with Crippen LogP contribution >= 0.6 is 0 Å². The van der Waals surface area contributed by atoms with Gasteiger partial charge in [-0.2, -0.15) is 5.10 Å². The molecule has 0 fully saturated rings. The van der Waals surface area contributed by atoms with Crippen LogP contribution in [0.5, 0.6) is 0 Å². The average molecular weight is 266 g/mol. The smallest absolute Gasteiger partial charge is 0.240 e. The fourth-order valence-corrected chi connectivity index (χ4v) is 2.28. The quantitative estimate of drug-likeness (QED) is 0.904.